The van der Waals surface area contributed by atoms with E-state index in [1.807, 2.05) is 26.0 Å². The number of hydrogen-bond donors (Lipinski definition) is 3. The van der Waals surface area contributed by atoms with E-state index in [1.54, 1.807) is 43.4 Å². The lowest BCUT2D eigenvalue weighted by Crippen LogP contribution is -2.59. The smallest absolute Gasteiger partial charge is 0.339 e. The molecule has 1 spiro atoms. The van der Waals surface area contributed by atoms with Crippen LogP contribution < -0.4 is 0 Å². The first kappa shape index (κ1) is 40.1. The topological polar surface area (TPSA) is 158 Å². The van der Waals surface area contributed by atoms with E-state index in [0.29, 0.717) is 48.7 Å². The fraction of sp³-hybridized carbons (Fsp3) is 0.605. The van der Waals surface area contributed by atoms with Gasteiger partial charge in [-0.15, -0.1) is 0 Å². The quantitative estimate of drug-likeness (QED) is 0.231. The Kier molecular flexibility index (Phi) is 12.0. The molecule has 1 aromatic carbocycles. The third-order valence-electron chi connectivity index (χ3n) is 12.3. The maximum atomic E-state index is 14.5. The highest BCUT2D eigenvalue weighted by Crippen LogP contribution is 2.48. The molecular weight excluding hydrogens is 692 g/mol. The summed E-state index contributed by atoms with van der Waals surface area (Å²) in [4.78, 5) is 39.6. The number of ether oxygens (including phenoxy) is 5. The molecule has 0 aromatic heterocycles. The fourth-order valence-corrected chi connectivity index (χ4v) is 8.90. The van der Waals surface area contributed by atoms with Gasteiger partial charge >= 0.3 is 17.9 Å². The summed E-state index contributed by atoms with van der Waals surface area (Å²) in [5.74, 6) is -4.28. The summed E-state index contributed by atoms with van der Waals surface area (Å²) in [7, 11) is 0. The lowest BCUT2D eigenvalue weighted by atomic mass is 9.70. The molecule has 11 nitrogen and oxygen atoms in total. The van der Waals surface area contributed by atoms with Crippen molar-refractivity contribution in [3.05, 3.63) is 82.5 Å². The van der Waals surface area contributed by atoms with Crippen molar-refractivity contribution in [3.63, 3.8) is 0 Å². The number of fused-ring (bicyclic) bond motifs is 2. The van der Waals surface area contributed by atoms with Crippen LogP contribution in [0.4, 0.5) is 0 Å². The van der Waals surface area contributed by atoms with Gasteiger partial charge < -0.3 is 39.0 Å². The van der Waals surface area contributed by atoms with Crippen LogP contribution in [0.5, 0.6) is 0 Å². The summed E-state index contributed by atoms with van der Waals surface area (Å²) in [6.07, 6.45) is 8.25. The first-order valence-electron chi connectivity index (χ1n) is 19.5. The second kappa shape index (κ2) is 16.2. The molecule has 294 valence electrons. The second-order valence-corrected chi connectivity index (χ2v) is 16.2. The standard InChI is InChI=1S/C43H56O11/c1-7-24(2)37-27(5)17-18-42(54-37)22-32-21-31(53-42)16-15-26(4)36(46)25(3)11-10-13-30-23-50-39-38(28(6)19-34(41(48)51-32)43(30,39)49)52-40(47)33-14-9-8-12-29(33)20-35(44)45/h8-15,19,24-25,27,31-32,34,36-39,46,49H,7,16-18,20-23H2,1-6H3,(H,44,45)/b11-10+,26-15+,30-13+/t24-,25-,27-,31+,32-,34-,36-,37+,38+,39+,42+,43+/m0/s1. The number of aliphatic hydroxyl groups is 2. The van der Waals surface area contributed by atoms with Crippen LogP contribution in [0, 0.1) is 23.7 Å². The van der Waals surface area contributed by atoms with Crippen LogP contribution in [-0.4, -0.2) is 87.8 Å². The first-order valence-corrected chi connectivity index (χ1v) is 19.5. The number of aliphatic carboxylic acids is 1. The molecule has 3 fully saturated rings. The number of carboxylic acid groups (broad SMARTS) is 1. The highest BCUT2D eigenvalue weighted by molar-refractivity contribution is 5.92. The average molecular weight is 749 g/mol. The minimum Gasteiger partial charge on any atom is -0.481 e. The average Bonchev–Trinajstić information content (AvgIpc) is 3.47. The van der Waals surface area contributed by atoms with E-state index in [-0.39, 0.29) is 42.3 Å². The third-order valence-corrected chi connectivity index (χ3v) is 12.3. The molecule has 2 bridgehead atoms. The molecule has 0 amide bonds. The van der Waals surface area contributed by atoms with E-state index >= 15 is 0 Å². The molecule has 5 aliphatic rings. The van der Waals surface area contributed by atoms with E-state index in [2.05, 4.69) is 20.8 Å². The number of carbonyl (C=O) groups excluding carboxylic acids is 2. The summed E-state index contributed by atoms with van der Waals surface area (Å²) in [6, 6.07) is 6.32. The number of hydrogen-bond acceptors (Lipinski definition) is 10. The van der Waals surface area contributed by atoms with Gasteiger partial charge in [-0.3, -0.25) is 9.59 Å². The van der Waals surface area contributed by atoms with Crippen LogP contribution in [0.15, 0.2) is 71.4 Å². The van der Waals surface area contributed by atoms with Crippen molar-refractivity contribution in [1.82, 2.24) is 0 Å². The first-order chi connectivity index (χ1) is 25.7. The molecule has 1 aromatic rings. The normalized spacial score (nSPS) is 40.2. The number of esters is 2. The molecule has 4 heterocycles. The Morgan fingerprint density at radius 1 is 1.09 bits per heavy atom. The zero-order valence-corrected chi connectivity index (χ0v) is 32.2. The summed E-state index contributed by atoms with van der Waals surface area (Å²) in [5.41, 5.74) is 0.0976. The van der Waals surface area contributed by atoms with Gasteiger partial charge in [0.15, 0.2) is 11.9 Å². The minimum absolute atomic E-state index is 0.0205. The summed E-state index contributed by atoms with van der Waals surface area (Å²) >= 11 is 0. The van der Waals surface area contributed by atoms with E-state index < -0.39 is 59.6 Å². The van der Waals surface area contributed by atoms with Crippen molar-refractivity contribution in [1.29, 1.82) is 0 Å². The van der Waals surface area contributed by atoms with Gasteiger partial charge in [-0.2, -0.15) is 0 Å². The Morgan fingerprint density at radius 3 is 2.59 bits per heavy atom. The fourth-order valence-electron chi connectivity index (χ4n) is 8.90. The SMILES string of the molecule is CC[C@H](C)[C@H]1O[C@]2(CC[C@@H]1C)C[C@@H]1C[C@@H](C/C=C(\C)[C@@H](O)[C@@H](C)/C=C/C=C3\CO[C@@H]4[C@H](OC(=O)c5ccccc5CC(=O)O)C(C)=C[C@@H](C(=O)O1)[C@]34O)O2. The molecule has 0 unspecified atom stereocenters. The maximum Gasteiger partial charge on any atom is 0.339 e. The lowest BCUT2D eigenvalue weighted by molar-refractivity contribution is -0.340. The van der Waals surface area contributed by atoms with Crippen LogP contribution in [0.25, 0.3) is 0 Å². The number of rotatable bonds is 6. The van der Waals surface area contributed by atoms with Crippen molar-refractivity contribution < 1.29 is 53.4 Å². The molecule has 4 aliphatic heterocycles. The Hall–Kier alpha value is -3.61. The van der Waals surface area contributed by atoms with E-state index in [9.17, 15) is 29.7 Å². The highest BCUT2D eigenvalue weighted by Gasteiger charge is 2.61. The molecule has 3 saturated heterocycles. The van der Waals surface area contributed by atoms with Gasteiger partial charge in [0, 0.05) is 25.2 Å². The zero-order valence-electron chi connectivity index (χ0n) is 32.2. The molecule has 12 atom stereocenters. The van der Waals surface area contributed by atoms with Crippen LogP contribution in [0.2, 0.25) is 0 Å². The largest absolute Gasteiger partial charge is 0.481 e. The zero-order chi connectivity index (χ0) is 38.9. The number of carboxylic acids is 1. The van der Waals surface area contributed by atoms with Gasteiger partial charge in [-0.05, 0) is 66.9 Å². The van der Waals surface area contributed by atoms with Crippen molar-refractivity contribution in [2.24, 2.45) is 23.7 Å². The van der Waals surface area contributed by atoms with Crippen molar-refractivity contribution in [2.45, 2.75) is 135 Å². The molecule has 0 saturated carbocycles. The number of carbonyl (C=O) groups is 3. The molecule has 54 heavy (non-hydrogen) atoms. The van der Waals surface area contributed by atoms with Gasteiger partial charge in [-0.25, -0.2) is 4.79 Å². The van der Waals surface area contributed by atoms with E-state index in [4.69, 9.17) is 23.7 Å². The van der Waals surface area contributed by atoms with E-state index in [1.165, 1.54) is 6.07 Å². The van der Waals surface area contributed by atoms with Gasteiger partial charge in [0.2, 0.25) is 0 Å². The number of aliphatic hydroxyl groups excluding tert-OH is 1. The van der Waals surface area contributed by atoms with Crippen LogP contribution >= 0.6 is 0 Å². The summed E-state index contributed by atoms with van der Waals surface area (Å²) in [5, 5.41) is 33.4. The second-order valence-electron chi connectivity index (χ2n) is 16.2. The molecule has 11 heteroatoms. The third kappa shape index (κ3) is 8.02. The Morgan fingerprint density at radius 2 is 1.85 bits per heavy atom. The molecule has 3 N–H and O–H groups in total. The number of benzene rings is 1. The van der Waals surface area contributed by atoms with Crippen LogP contribution in [0.1, 0.15) is 96.0 Å². The van der Waals surface area contributed by atoms with Crippen molar-refractivity contribution in [2.75, 3.05) is 6.61 Å². The monoisotopic (exact) mass is 748 g/mol. The van der Waals surface area contributed by atoms with Gasteiger partial charge in [0.25, 0.3) is 0 Å². The number of allylic oxidation sites excluding steroid dienone is 2. The van der Waals surface area contributed by atoms with Crippen LogP contribution in [-0.2, 0) is 39.7 Å². The van der Waals surface area contributed by atoms with Gasteiger partial charge in [0.1, 0.15) is 23.7 Å². The Bertz CT molecular complexity index is 1710. The summed E-state index contributed by atoms with van der Waals surface area (Å²) in [6.45, 7) is 12.0. The van der Waals surface area contributed by atoms with Gasteiger partial charge in [-0.1, -0.05) is 82.7 Å². The van der Waals surface area contributed by atoms with E-state index in [0.717, 1.165) is 18.4 Å². The highest BCUT2D eigenvalue weighted by atomic mass is 16.7. The predicted octanol–water partition coefficient (Wildman–Crippen LogP) is 6.02. The molecule has 0 radical (unpaired) electrons. The molecular formula is C43H56O11. The van der Waals surface area contributed by atoms with Crippen molar-refractivity contribution in [3.8, 4) is 0 Å². The maximum absolute atomic E-state index is 14.5. The minimum atomic E-state index is -1.96. The predicted molar refractivity (Wildman–Crippen MR) is 199 cm³/mol. The Labute approximate surface area is 318 Å². The van der Waals surface area contributed by atoms with Crippen LogP contribution in [0.3, 0.4) is 0 Å². The molecule has 1 aliphatic carbocycles. The summed E-state index contributed by atoms with van der Waals surface area (Å²) < 4.78 is 32.2. The molecule has 6 rings (SSSR count). The Balaban J connectivity index is 1.37. The van der Waals surface area contributed by atoms with Crippen molar-refractivity contribution >= 4 is 17.9 Å². The lowest BCUT2D eigenvalue weighted by Gasteiger charge is -2.51. The van der Waals surface area contributed by atoms with Gasteiger partial charge in [0.05, 0.1) is 36.9 Å².